The third-order valence-corrected chi connectivity index (χ3v) is 2.73. The molecule has 1 heterocycles. The summed E-state index contributed by atoms with van der Waals surface area (Å²) in [5.74, 6) is -0.510. The summed E-state index contributed by atoms with van der Waals surface area (Å²) in [5, 5.41) is 4.05. The third kappa shape index (κ3) is 3.01. The van der Waals surface area contributed by atoms with Crippen LogP contribution in [0, 0.1) is 0 Å². The molecule has 0 aliphatic heterocycles. The fourth-order valence-electron chi connectivity index (χ4n) is 1.91. The van der Waals surface area contributed by atoms with Crippen molar-refractivity contribution in [1.82, 2.24) is 9.78 Å². The Balaban J connectivity index is 2.35. The lowest BCUT2D eigenvalue weighted by molar-refractivity contribution is -0.0501. The number of nitrogens with zero attached hydrogens (tertiary/aromatic N) is 2. The van der Waals surface area contributed by atoms with Gasteiger partial charge in [0.1, 0.15) is 11.4 Å². The molecule has 0 saturated heterocycles. The van der Waals surface area contributed by atoms with E-state index in [0.29, 0.717) is 12.2 Å². The quantitative estimate of drug-likeness (QED) is 0.764. The Morgan fingerprint density at radius 2 is 2.10 bits per heavy atom. The SMILES string of the molecule is CCCn1nccc1C(=O)c1ccccc1OC(F)F. The molecule has 0 fully saturated rings. The molecule has 0 aliphatic carbocycles. The first-order chi connectivity index (χ1) is 9.63. The molecule has 0 bridgehead atoms. The van der Waals surface area contributed by atoms with Gasteiger partial charge in [0.2, 0.25) is 5.78 Å². The van der Waals surface area contributed by atoms with Crippen molar-refractivity contribution in [2.24, 2.45) is 0 Å². The molecular formula is C14H14F2N2O2. The molecule has 106 valence electrons. The van der Waals surface area contributed by atoms with Crippen molar-refractivity contribution in [1.29, 1.82) is 0 Å². The van der Waals surface area contributed by atoms with Crippen molar-refractivity contribution >= 4 is 5.78 Å². The van der Waals surface area contributed by atoms with Gasteiger partial charge in [-0.2, -0.15) is 13.9 Å². The van der Waals surface area contributed by atoms with Crippen molar-refractivity contribution in [3.05, 3.63) is 47.8 Å². The van der Waals surface area contributed by atoms with Crippen molar-refractivity contribution in [3.8, 4) is 5.75 Å². The number of para-hydroxylation sites is 1. The molecule has 6 heteroatoms. The molecule has 20 heavy (non-hydrogen) atoms. The van der Waals surface area contributed by atoms with Gasteiger partial charge in [-0.3, -0.25) is 9.48 Å². The van der Waals surface area contributed by atoms with Crippen molar-refractivity contribution < 1.29 is 18.3 Å². The van der Waals surface area contributed by atoms with E-state index in [1.807, 2.05) is 6.92 Å². The van der Waals surface area contributed by atoms with Crippen LogP contribution in [0.3, 0.4) is 0 Å². The van der Waals surface area contributed by atoms with Gasteiger partial charge in [-0.25, -0.2) is 0 Å². The first kappa shape index (κ1) is 14.2. The highest BCUT2D eigenvalue weighted by Crippen LogP contribution is 2.23. The van der Waals surface area contributed by atoms with Gasteiger partial charge < -0.3 is 4.74 Å². The summed E-state index contributed by atoms with van der Waals surface area (Å²) in [6, 6.07) is 7.52. The second-order valence-electron chi connectivity index (χ2n) is 4.14. The van der Waals surface area contributed by atoms with Crippen LogP contribution < -0.4 is 4.74 Å². The number of carbonyl (C=O) groups is 1. The minimum atomic E-state index is -2.97. The molecule has 0 atom stereocenters. The van der Waals surface area contributed by atoms with Gasteiger partial charge in [-0.1, -0.05) is 19.1 Å². The highest BCUT2D eigenvalue weighted by atomic mass is 19.3. The topological polar surface area (TPSA) is 44.1 Å². The smallest absolute Gasteiger partial charge is 0.387 e. The summed E-state index contributed by atoms with van der Waals surface area (Å²) in [6.07, 6.45) is 2.33. The van der Waals surface area contributed by atoms with Crippen molar-refractivity contribution in [2.75, 3.05) is 0 Å². The van der Waals surface area contributed by atoms with Crippen LogP contribution in [0.15, 0.2) is 36.5 Å². The number of ether oxygens (including phenoxy) is 1. The Morgan fingerprint density at radius 1 is 1.35 bits per heavy atom. The molecule has 4 nitrogen and oxygen atoms in total. The van der Waals surface area contributed by atoms with Crippen LogP contribution in [-0.2, 0) is 6.54 Å². The maximum Gasteiger partial charge on any atom is 0.387 e. The minimum absolute atomic E-state index is 0.102. The molecule has 0 unspecified atom stereocenters. The van der Waals surface area contributed by atoms with Crippen LogP contribution in [0.1, 0.15) is 29.4 Å². The standard InChI is InChI=1S/C14H14F2N2O2/c1-2-9-18-11(7-8-17-18)13(19)10-5-3-4-6-12(10)20-14(15)16/h3-8,14H,2,9H2,1H3. The Kier molecular flexibility index (Phi) is 4.45. The van der Waals surface area contributed by atoms with Gasteiger partial charge in [0.25, 0.3) is 0 Å². The van der Waals surface area contributed by atoms with E-state index in [0.717, 1.165) is 6.42 Å². The number of alkyl halides is 2. The lowest BCUT2D eigenvalue weighted by Crippen LogP contribution is -2.13. The zero-order chi connectivity index (χ0) is 14.5. The van der Waals surface area contributed by atoms with E-state index in [1.54, 1.807) is 16.8 Å². The van der Waals surface area contributed by atoms with E-state index < -0.39 is 6.61 Å². The normalized spacial score (nSPS) is 10.8. The number of rotatable bonds is 6. The number of halogens is 2. The Hall–Kier alpha value is -2.24. The van der Waals surface area contributed by atoms with Crippen LogP contribution >= 0.6 is 0 Å². The number of aryl methyl sites for hydroxylation is 1. The van der Waals surface area contributed by atoms with Crippen molar-refractivity contribution in [3.63, 3.8) is 0 Å². The zero-order valence-electron chi connectivity index (χ0n) is 10.9. The predicted octanol–water partition coefficient (Wildman–Crippen LogP) is 3.13. The molecule has 2 aromatic rings. The summed E-state index contributed by atoms with van der Waals surface area (Å²) < 4.78 is 30.6. The van der Waals surface area contributed by atoms with Crippen LogP contribution in [0.4, 0.5) is 8.78 Å². The van der Waals surface area contributed by atoms with Gasteiger partial charge in [-0.15, -0.1) is 0 Å². The van der Waals surface area contributed by atoms with E-state index in [1.165, 1.54) is 24.4 Å². The molecular weight excluding hydrogens is 266 g/mol. The Labute approximate surface area is 115 Å². The van der Waals surface area contributed by atoms with Crippen LogP contribution in [0.25, 0.3) is 0 Å². The molecule has 1 aromatic carbocycles. The molecule has 0 radical (unpaired) electrons. The first-order valence-electron chi connectivity index (χ1n) is 6.23. The average molecular weight is 280 g/mol. The Morgan fingerprint density at radius 3 is 2.80 bits per heavy atom. The van der Waals surface area contributed by atoms with Crippen LogP contribution in [0.5, 0.6) is 5.75 Å². The number of aromatic nitrogens is 2. The highest BCUT2D eigenvalue weighted by Gasteiger charge is 2.19. The molecule has 1 aromatic heterocycles. The fourth-order valence-corrected chi connectivity index (χ4v) is 1.91. The van der Waals surface area contributed by atoms with E-state index in [2.05, 4.69) is 9.84 Å². The molecule has 0 spiro atoms. The number of benzene rings is 1. The largest absolute Gasteiger partial charge is 0.434 e. The second-order valence-corrected chi connectivity index (χ2v) is 4.14. The second kappa shape index (κ2) is 6.27. The third-order valence-electron chi connectivity index (χ3n) is 2.73. The van der Waals surface area contributed by atoms with Crippen LogP contribution in [0.2, 0.25) is 0 Å². The Bertz CT molecular complexity index is 596. The lowest BCUT2D eigenvalue weighted by atomic mass is 10.1. The maximum absolute atomic E-state index is 12.4. The molecule has 0 aliphatic rings. The summed E-state index contributed by atoms with van der Waals surface area (Å²) in [4.78, 5) is 12.4. The summed E-state index contributed by atoms with van der Waals surface area (Å²) in [6.45, 7) is -0.417. The fraction of sp³-hybridized carbons (Fsp3) is 0.286. The predicted molar refractivity (Wildman–Crippen MR) is 69.0 cm³/mol. The van der Waals surface area contributed by atoms with Gasteiger partial charge >= 0.3 is 6.61 Å². The molecule has 0 N–H and O–H groups in total. The van der Waals surface area contributed by atoms with Gasteiger partial charge in [0.05, 0.1) is 5.56 Å². The summed E-state index contributed by atoms with van der Waals surface area (Å²) in [7, 11) is 0. The number of ketones is 1. The highest BCUT2D eigenvalue weighted by molar-refractivity contribution is 6.09. The molecule has 0 saturated carbocycles. The first-order valence-corrected chi connectivity index (χ1v) is 6.23. The summed E-state index contributed by atoms with van der Waals surface area (Å²) in [5.41, 5.74) is 0.461. The van der Waals surface area contributed by atoms with Gasteiger partial charge in [0.15, 0.2) is 0 Å². The van der Waals surface area contributed by atoms with E-state index in [9.17, 15) is 13.6 Å². The number of hydrogen-bond donors (Lipinski definition) is 0. The molecule has 2 rings (SSSR count). The van der Waals surface area contributed by atoms with E-state index in [4.69, 9.17) is 0 Å². The van der Waals surface area contributed by atoms with Gasteiger partial charge in [-0.05, 0) is 24.6 Å². The van der Waals surface area contributed by atoms with Gasteiger partial charge in [0, 0.05) is 12.7 Å². The zero-order valence-corrected chi connectivity index (χ0v) is 10.9. The minimum Gasteiger partial charge on any atom is -0.434 e. The lowest BCUT2D eigenvalue weighted by Gasteiger charge is -2.10. The maximum atomic E-state index is 12.4. The number of carbonyl (C=O) groups excluding carboxylic acids is 1. The van der Waals surface area contributed by atoms with Crippen LogP contribution in [-0.4, -0.2) is 22.2 Å². The molecule has 0 amide bonds. The monoisotopic (exact) mass is 280 g/mol. The average Bonchev–Trinajstić information content (AvgIpc) is 2.86. The van der Waals surface area contributed by atoms with E-state index >= 15 is 0 Å². The van der Waals surface area contributed by atoms with E-state index in [-0.39, 0.29) is 17.1 Å². The number of hydrogen-bond acceptors (Lipinski definition) is 3. The van der Waals surface area contributed by atoms with Crippen molar-refractivity contribution in [2.45, 2.75) is 26.5 Å². The summed E-state index contributed by atoms with van der Waals surface area (Å²) >= 11 is 0.